The Labute approximate surface area is 111 Å². The van der Waals surface area contributed by atoms with Crippen LogP contribution in [-0.4, -0.2) is 43.6 Å². The third-order valence-electron chi connectivity index (χ3n) is 2.60. The number of hydrogen-bond acceptors (Lipinski definition) is 3. The van der Waals surface area contributed by atoms with Gasteiger partial charge in [0.2, 0.25) is 0 Å². The zero-order valence-electron chi connectivity index (χ0n) is 10.4. The Morgan fingerprint density at radius 1 is 1.44 bits per heavy atom. The van der Waals surface area contributed by atoms with Crippen LogP contribution >= 0.6 is 11.8 Å². The van der Waals surface area contributed by atoms with Gasteiger partial charge in [0.15, 0.2) is 0 Å². The Kier molecular flexibility index (Phi) is 7.23. The highest BCUT2D eigenvalue weighted by Crippen LogP contribution is 2.20. The summed E-state index contributed by atoms with van der Waals surface area (Å²) < 4.78 is 29.9. The van der Waals surface area contributed by atoms with Crippen molar-refractivity contribution < 1.29 is 13.5 Å². The van der Waals surface area contributed by atoms with Crippen molar-refractivity contribution in [1.82, 2.24) is 0 Å². The van der Waals surface area contributed by atoms with Crippen molar-refractivity contribution in [1.29, 1.82) is 0 Å². The van der Waals surface area contributed by atoms with Crippen molar-refractivity contribution in [3.05, 3.63) is 36.0 Å². The average molecular weight is 275 g/mol. The number of halogens is 2. The maximum Gasteiger partial charge on any atom is 0.107 e. The molecule has 1 aliphatic rings. The Morgan fingerprint density at radius 3 is 2.83 bits per heavy atom. The lowest BCUT2D eigenvalue weighted by molar-refractivity contribution is 0.102. The predicted molar refractivity (Wildman–Crippen MR) is 73.3 cm³/mol. The van der Waals surface area contributed by atoms with Gasteiger partial charge in [-0.3, -0.25) is 4.39 Å². The van der Waals surface area contributed by atoms with Gasteiger partial charge in [-0.15, -0.1) is 11.8 Å². The molecule has 2 N–H and O–H groups in total. The zero-order chi connectivity index (χ0) is 13.4. The molecule has 1 aliphatic carbocycles. The minimum atomic E-state index is -0.672. The van der Waals surface area contributed by atoms with Gasteiger partial charge in [-0.05, 0) is 5.57 Å². The minimum absolute atomic E-state index is 0.133. The summed E-state index contributed by atoms with van der Waals surface area (Å²) in [6.07, 6.45) is 9.07. The molecule has 0 saturated heterocycles. The molecule has 0 amide bonds. The standard InChI is InChI=1S/C13H19F2NOS/c1-17-13(12(16)9-15)10-3-2-4-11(6-5-10)18-8-7-14/h2-6,11-13H,7-9,16H2,1H3. The van der Waals surface area contributed by atoms with E-state index in [0.29, 0.717) is 5.75 Å². The maximum absolute atomic E-state index is 12.6. The van der Waals surface area contributed by atoms with Gasteiger partial charge in [-0.1, -0.05) is 30.4 Å². The monoisotopic (exact) mass is 275 g/mol. The van der Waals surface area contributed by atoms with Gasteiger partial charge < -0.3 is 10.5 Å². The van der Waals surface area contributed by atoms with E-state index in [1.165, 1.54) is 18.9 Å². The lowest BCUT2D eigenvalue weighted by Crippen LogP contribution is -2.38. The molecule has 0 bridgehead atoms. The van der Waals surface area contributed by atoms with Crippen molar-refractivity contribution in [2.75, 3.05) is 26.2 Å². The van der Waals surface area contributed by atoms with E-state index in [4.69, 9.17) is 10.5 Å². The molecule has 0 radical (unpaired) electrons. The van der Waals surface area contributed by atoms with Gasteiger partial charge in [0.05, 0.1) is 18.8 Å². The topological polar surface area (TPSA) is 35.2 Å². The van der Waals surface area contributed by atoms with Crippen molar-refractivity contribution in [2.45, 2.75) is 17.4 Å². The number of ether oxygens (including phenoxy) is 1. The molecule has 0 fully saturated rings. The van der Waals surface area contributed by atoms with Crippen LogP contribution in [0.25, 0.3) is 0 Å². The lowest BCUT2D eigenvalue weighted by atomic mass is 10.0. The fourth-order valence-electron chi connectivity index (χ4n) is 1.72. The molecule has 0 aromatic carbocycles. The van der Waals surface area contributed by atoms with Gasteiger partial charge >= 0.3 is 0 Å². The highest BCUT2D eigenvalue weighted by atomic mass is 32.2. The normalized spacial score (nSPS) is 22.4. The Hall–Kier alpha value is -0.650. The first kappa shape index (κ1) is 15.4. The van der Waals surface area contributed by atoms with Crippen LogP contribution in [-0.2, 0) is 4.74 Å². The van der Waals surface area contributed by atoms with E-state index < -0.39 is 18.8 Å². The molecule has 18 heavy (non-hydrogen) atoms. The van der Waals surface area contributed by atoms with E-state index in [1.807, 2.05) is 30.4 Å². The third kappa shape index (κ3) is 4.55. The van der Waals surface area contributed by atoms with Crippen molar-refractivity contribution in [2.24, 2.45) is 5.73 Å². The molecule has 0 aromatic rings. The summed E-state index contributed by atoms with van der Waals surface area (Å²) in [6.45, 7) is -0.968. The Morgan fingerprint density at radius 2 is 2.22 bits per heavy atom. The average Bonchev–Trinajstić information content (AvgIpc) is 2.63. The molecule has 3 atom stereocenters. The van der Waals surface area contributed by atoms with Gasteiger partial charge in [0.25, 0.3) is 0 Å². The van der Waals surface area contributed by atoms with Crippen LogP contribution in [0.2, 0.25) is 0 Å². The number of methoxy groups -OCH3 is 1. The van der Waals surface area contributed by atoms with Crippen LogP contribution in [0.4, 0.5) is 8.78 Å². The number of thioether (sulfide) groups is 1. The van der Waals surface area contributed by atoms with E-state index >= 15 is 0 Å². The SMILES string of the molecule is COC(C1=CC=CC(SCCF)C=C1)C(N)CF. The molecule has 3 unspecified atom stereocenters. The van der Waals surface area contributed by atoms with Crippen LogP contribution in [0.3, 0.4) is 0 Å². The molecule has 0 aliphatic heterocycles. The number of alkyl halides is 2. The molecular weight excluding hydrogens is 256 g/mol. The van der Waals surface area contributed by atoms with E-state index in [9.17, 15) is 8.78 Å². The predicted octanol–water partition coefficient (Wildman–Crippen LogP) is 2.42. The first-order valence-corrected chi connectivity index (χ1v) is 6.86. The van der Waals surface area contributed by atoms with Crippen LogP contribution in [0.15, 0.2) is 36.0 Å². The van der Waals surface area contributed by atoms with Gasteiger partial charge in [-0.2, -0.15) is 0 Å². The zero-order valence-corrected chi connectivity index (χ0v) is 11.2. The molecule has 0 aromatic heterocycles. The molecular formula is C13H19F2NOS. The van der Waals surface area contributed by atoms with E-state index in [2.05, 4.69) is 0 Å². The van der Waals surface area contributed by atoms with Crippen molar-refractivity contribution in [3.8, 4) is 0 Å². The van der Waals surface area contributed by atoms with Crippen LogP contribution in [0, 0.1) is 0 Å². The van der Waals surface area contributed by atoms with Crippen molar-refractivity contribution in [3.63, 3.8) is 0 Å². The second kappa shape index (κ2) is 8.45. The number of allylic oxidation sites excluding steroid dienone is 2. The number of nitrogens with two attached hydrogens (primary N) is 1. The Bertz CT molecular complexity index is 331. The molecule has 5 heteroatoms. The number of hydrogen-bond donors (Lipinski definition) is 1. The van der Waals surface area contributed by atoms with Gasteiger partial charge in [0.1, 0.15) is 6.67 Å². The molecule has 0 spiro atoms. The maximum atomic E-state index is 12.6. The fraction of sp³-hybridized carbons (Fsp3) is 0.538. The summed E-state index contributed by atoms with van der Waals surface area (Å²) in [7, 11) is 1.51. The van der Waals surface area contributed by atoms with Gasteiger partial charge in [-0.25, -0.2) is 4.39 Å². The highest BCUT2D eigenvalue weighted by molar-refractivity contribution is 8.00. The van der Waals surface area contributed by atoms with Crippen LogP contribution < -0.4 is 5.73 Å². The van der Waals surface area contributed by atoms with E-state index in [-0.39, 0.29) is 11.9 Å². The molecule has 102 valence electrons. The molecule has 1 rings (SSSR count). The first-order valence-electron chi connectivity index (χ1n) is 5.81. The van der Waals surface area contributed by atoms with Crippen LogP contribution in [0.1, 0.15) is 0 Å². The van der Waals surface area contributed by atoms with Crippen LogP contribution in [0.5, 0.6) is 0 Å². The summed E-state index contributed by atoms with van der Waals surface area (Å²) in [6, 6.07) is -0.672. The molecule has 0 heterocycles. The number of rotatable bonds is 7. The second-order valence-corrected chi connectivity index (χ2v) is 5.20. The largest absolute Gasteiger partial charge is 0.375 e. The van der Waals surface area contributed by atoms with E-state index in [0.717, 1.165) is 5.57 Å². The smallest absolute Gasteiger partial charge is 0.107 e. The third-order valence-corrected chi connectivity index (χ3v) is 3.69. The molecule has 2 nitrogen and oxygen atoms in total. The summed E-state index contributed by atoms with van der Waals surface area (Å²) in [5.74, 6) is 0.465. The summed E-state index contributed by atoms with van der Waals surface area (Å²) >= 11 is 1.52. The van der Waals surface area contributed by atoms with Crippen molar-refractivity contribution >= 4 is 11.8 Å². The van der Waals surface area contributed by atoms with Gasteiger partial charge in [0, 0.05) is 18.1 Å². The molecule has 0 saturated carbocycles. The summed E-state index contributed by atoms with van der Waals surface area (Å²) in [4.78, 5) is 0. The minimum Gasteiger partial charge on any atom is -0.375 e. The first-order chi connectivity index (χ1) is 8.72. The quantitative estimate of drug-likeness (QED) is 0.775. The highest BCUT2D eigenvalue weighted by Gasteiger charge is 2.20. The second-order valence-electron chi connectivity index (χ2n) is 3.91. The fourth-order valence-corrected chi connectivity index (χ4v) is 2.47. The van der Waals surface area contributed by atoms with E-state index in [1.54, 1.807) is 0 Å². The lowest BCUT2D eigenvalue weighted by Gasteiger charge is -2.21. The Balaban J connectivity index is 2.68. The summed E-state index contributed by atoms with van der Waals surface area (Å²) in [5.41, 5.74) is 6.51. The summed E-state index contributed by atoms with van der Waals surface area (Å²) in [5, 5.41) is 0.133.